The molecule has 0 heterocycles. The van der Waals surface area contributed by atoms with E-state index in [1.165, 1.54) is 0 Å². The van der Waals surface area contributed by atoms with Gasteiger partial charge in [0.15, 0.2) is 0 Å². The summed E-state index contributed by atoms with van der Waals surface area (Å²) < 4.78 is 10.5. The Bertz CT molecular complexity index is 147. The van der Waals surface area contributed by atoms with Crippen molar-refractivity contribution in [1.82, 2.24) is 0 Å². The van der Waals surface area contributed by atoms with Crippen molar-refractivity contribution in [2.45, 2.75) is 12.8 Å². The monoisotopic (exact) mass is 214 g/mol. The van der Waals surface area contributed by atoms with E-state index in [0.717, 1.165) is 12.8 Å². The van der Waals surface area contributed by atoms with Gasteiger partial charge in [0, 0.05) is 0 Å². The molecule has 0 aromatic rings. The van der Waals surface area contributed by atoms with Crippen LogP contribution in [0.1, 0.15) is 12.8 Å². The minimum atomic E-state index is 0.0650. The van der Waals surface area contributed by atoms with Gasteiger partial charge in [-0.15, -0.1) is 13.2 Å². The normalized spacial score (nSPS) is 10.5. The van der Waals surface area contributed by atoms with Gasteiger partial charge in [-0.05, 0) is 18.8 Å². The zero-order valence-electron chi connectivity index (χ0n) is 9.36. The van der Waals surface area contributed by atoms with Crippen molar-refractivity contribution >= 4 is 0 Å². The summed E-state index contributed by atoms with van der Waals surface area (Å²) in [6, 6.07) is 0. The standard InChI is InChI=1S/C12H22O3/c1-3-5-12(6-4-2)11-15-10-9-14-8-7-13/h3-4,12-13H,1-2,5-11H2. The lowest BCUT2D eigenvalue weighted by Gasteiger charge is -2.13. The maximum atomic E-state index is 8.46. The molecule has 0 atom stereocenters. The molecule has 0 aliphatic carbocycles. The summed E-state index contributed by atoms with van der Waals surface area (Å²) >= 11 is 0. The first-order valence-corrected chi connectivity index (χ1v) is 5.33. The van der Waals surface area contributed by atoms with Crippen LogP contribution < -0.4 is 0 Å². The van der Waals surface area contributed by atoms with Crippen LogP contribution in [0.5, 0.6) is 0 Å². The van der Waals surface area contributed by atoms with Gasteiger partial charge in [-0.1, -0.05) is 12.2 Å². The number of aliphatic hydroxyl groups excluding tert-OH is 1. The van der Waals surface area contributed by atoms with E-state index in [0.29, 0.717) is 32.3 Å². The van der Waals surface area contributed by atoms with Crippen molar-refractivity contribution in [3.63, 3.8) is 0 Å². The third-order valence-electron chi connectivity index (χ3n) is 1.96. The molecule has 0 aliphatic heterocycles. The van der Waals surface area contributed by atoms with Gasteiger partial charge in [0.25, 0.3) is 0 Å². The van der Waals surface area contributed by atoms with Gasteiger partial charge in [0.05, 0.1) is 33.0 Å². The van der Waals surface area contributed by atoms with E-state index in [1.54, 1.807) is 0 Å². The SMILES string of the molecule is C=CCC(CC=C)COCCOCCO. The van der Waals surface area contributed by atoms with Crippen LogP contribution in [0.25, 0.3) is 0 Å². The van der Waals surface area contributed by atoms with Crippen LogP contribution in [-0.2, 0) is 9.47 Å². The second-order valence-electron chi connectivity index (χ2n) is 3.33. The van der Waals surface area contributed by atoms with Crippen molar-refractivity contribution in [1.29, 1.82) is 0 Å². The van der Waals surface area contributed by atoms with E-state index in [4.69, 9.17) is 14.6 Å². The maximum absolute atomic E-state index is 8.46. The zero-order valence-corrected chi connectivity index (χ0v) is 9.36. The minimum absolute atomic E-state index is 0.0650. The highest BCUT2D eigenvalue weighted by molar-refractivity contribution is 4.79. The average molecular weight is 214 g/mol. The molecule has 0 radical (unpaired) electrons. The molecule has 0 aromatic heterocycles. The van der Waals surface area contributed by atoms with Crippen molar-refractivity contribution in [2.24, 2.45) is 5.92 Å². The van der Waals surface area contributed by atoms with Gasteiger partial charge in [0.1, 0.15) is 0 Å². The quantitative estimate of drug-likeness (QED) is 0.421. The third kappa shape index (κ3) is 9.66. The molecule has 15 heavy (non-hydrogen) atoms. The fourth-order valence-electron chi connectivity index (χ4n) is 1.24. The highest BCUT2D eigenvalue weighted by atomic mass is 16.5. The summed E-state index contributed by atoms with van der Waals surface area (Å²) in [7, 11) is 0. The van der Waals surface area contributed by atoms with Crippen LogP contribution in [0.4, 0.5) is 0 Å². The number of allylic oxidation sites excluding steroid dienone is 2. The predicted octanol–water partition coefficient (Wildman–Crippen LogP) is 1.78. The first kappa shape index (κ1) is 14.4. The van der Waals surface area contributed by atoms with Crippen LogP contribution >= 0.6 is 0 Å². The molecule has 0 unspecified atom stereocenters. The molecule has 0 spiro atoms. The number of rotatable bonds is 11. The first-order chi connectivity index (χ1) is 7.35. The molecule has 3 nitrogen and oxygen atoms in total. The van der Waals surface area contributed by atoms with Crippen molar-refractivity contribution < 1.29 is 14.6 Å². The molecular formula is C12H22O3. The van der Waals surface area contributed by atoms with Gasteiger partial charge in [0.2, 0.25) is 0 Å². The Morgan fingerprint density at radius 2 is 1.60 bits per heavy atom. The maximum Gasteiger partial charge on any atom is 0.0701 e. The van der Waals surface area contributed by atoms with Crippen molar-refractivity contribution in [3.05, 3.63) is 25.3 Å². The Balaban J connectivity index is 3.35. The molecule has 0 bridgehead atoms. The Morgan fingerprint density at radius 1 is 1.00 bits per heavy atom. The molecule has 0 saturated heterocycles. The largest absolute Gasteiger partial charge is 0.394 e. The number of hydrogen-bond donors (Lipinski definition) is 1. The van der Waals surface area contributed by atoms with Gasteiger partial charge in [-0.3, -0.25) is 0 Å². The van der Waals surface area contributed by atoms with Crippen molar-refractivity contribution in [2.75, 3.05) is 33.0 Å². The lowest BCUT2D eigenvalue weighted by Crippen LogP contribution is -2.13. The topological polar surface area (TPSA) is 38.7 Å². The van der Waals surface area contributed by atoms with Crippen LogP contribution in [0.2, 0.25) is 0 Å². The highest BCUT2D eigenvalue weighted by Gasteiger charge is 2.04. The smallest absolute Gasteiger partial charge is 0.0701 e. The fraction of sp³-hybridized carbons (Fsp3) is 0.667. The molecule has 0 rings (SSSR count). The first-order valence-electron chi connectivity index (χ1n) is 5.33. The number of aliphatic hydroxyl groups is 1. The van der Waals surface area contributed by atoms with Gasteiger partial charge in [-0.2, -0.15) is 0 Å². The Morgan fingerprint density at radius 3 is 2.13 bits per heavy atom. The van der Waals surface area contributed by atoms with Gasteiger partial charge < -0.3 is 14.6 Å². The summed E-state index contributed by atoms with van der Waals surface area (Å²) in [6.45, 7) is 9.68. The van der Waals surface area contributed by atoms with E-state index in [9.17, 15) is 0 Å². The molecule has 88 valence electrons. The molecule has 0 amide bonds. The molecule has 0 saturated carbocycles. The Kier molecular flexibility index (Phi) is 10.9. The lowest BCUT2D eigenvalue weighted by molar-refractivity contribution is 0.0226. The van der Waals surface area contributed by atoms with E-state index in [2.05, 4.69) is 13.2 Å². The number of ether oxygens (including phenoxy) is 2. The van der Waals surface area contributed by atoms with E-state index in [1.807, 2.05) is 12.2 Å². The van der Waals surface area contributed by atoms with Crippen molar-refractivity contribution in [3.8, 4) is 0 Å². The molecule has 1 N–H and O–H groups in total. The van der Waals surface area contributed by atoms with Gasteiger partial charge in [-0.25, -0.2) is 0 Å². The summed E-state index contributed by atoms with van der Waals surface area (Å²) in [4.78, 5) is 0. The van der Waals surface area contributed by atoms with Crippen LogP contribution in [-0.4, -0.2) is 38.1 Å². The summed E-state index contributed by atoms with van der Waals surface area (Å²) in [5.41, 5.74) is 0. The fourth-order valence-corrected chi connectivity index (χ4v) is 1.24. The van der Waals surface area contributed by atoms with Gasteiger partial charge >= 0.3 is 0 Å². The molecule has 0 aromatic carbocycles. The second-order valence-corrected chi connectivity index (χ2v) is 3.33. The number of hydrogen-bond acceptors (Lipinski definition) is 3. The molecule has 3 heteroatoms. The Labute approximate surface area is 92.4 Å². The van der Waals surface area contributed by atoms with E-state index < -0.39 is 0 Å². The third-order valence-corrected chi connectivity index (χ3v) is 1.96. The molecule has 0 fully saturated rings. The summed E-state index contributed by atoms with van der Waals surface area (Å²) in [5, 5.41) is 8.46. The van der Waals surface area contributed by atoms with Crippen LogP contribution in [0.15, 0.2) is 25.3 Å². The average Bonchev–Trinajstić information content (AvgIpc) is 2.24. The predicted molar refractivity (Wildman–Crippen MR) is 61.8 cm³/mol. The molecular weight excluding hydrogens is 192 g/mol. The lowest BCUT2D eigenvalue weighted by atomic mass is 10.0. The van der Waals surface area contributed by atoms with E-state index in [-0.39, 0.29) is 6.61 Å². The van der Waals surface area contributed by atoms with Crippen LogP contribution in [0, 0.1) is 5.92 Å². The van der Waals surface area contributed by atoms with Crippen LogP contribution in [0.3, 0.4) is 0 Å². The summed E-state index contributed by atoms with van der Waals surface area (Å²) in [5.74, 6) is 0.470. The zero-order chi connectivity index (χ0) is 11.4. The highest BCUT2D eigenvalue weighted by Crippen LogP contribution is 2.09. The summed E-state index contributed by atoms with van der Waals surface area (Å²) in [6.07, 6.45) is 5.70. The second kappa shape index (κ2) is 11.4. The van der Waals surface area contributed by atoms with E-state index >= 15 is 0 Å². The minimum Gasteiger partial charge on any atom is -0.394 e. The Hall–Kier alpha value is -0.640. The molecule has 0 aliphatic rings.